The summed E-state index contributed by atoms with van der Waals surface area (Å²) >= 11 is 24.9. The molecule has 2 N–H and O–H groups in total. The summed E-state index contributed by atoms with van der Waals surface area (Å²) in [5.41, 5.74) is 2.63. The van der Waals surface area contributed by atoms with Gasteiger partial charge in [-0.05, 0) is 124 Å². The topological polar surface area (TPSA) is 202 Å². The summed E-state index contributed by atoms with van der Waals surface area (Å²) in [7, 11) is -7.30. The van der Waals surface area contributed by atoms with Crippen LogP contribution in [0.25, 0.3) is 0 Å². The number of carboxylic acids is 2. The fraction of sp³-hybridized carbons (Fsp3) is 0.491. The first-order chi connectivity index (χ1) is 34.2. The van der Waals surface area contributed by atoms with E-state index in [1.54, 1.807) is 139 Å². The molecule has 6 rings (SSSR count). The summed E-state index contributed by atoms with van der Waals surface area (Å²) in [5, 5.41) is 21.0. The Labute approximate surface area is 462 Å². The number of ether oxygens (including phenoxy) is 2. The fourth-order valence-electron chi connectivity index (χ4n) is 8.86. The van der Waals surface area contributed by atoms with Gasteiger partial charge in [-0.1, -0.05) is 130 Å². The Morgan fingerprint density at radius 3 is 1.09 bits per heavy atom. The van der Waals surface area contributed by atoms with Crippen LogP contribution in [0.3, 0.4) is 0 Å². The molecule has 2 amide bonds. The summed E-state index contributed by atoms with van der Waals surface area (Å²) in [4.78, 5) is 54.3. The minimum Gasteiger partial charge on any atom is -0.481 e. The van der Waals surface area contributed by atoms with Crippen molar-refractivity contribution in [1.29, 1.82) is 0 Å². The molecule has 4 aromatic carbocycles. The molecule has 2 heterocycles. The number of hydrogen-bond acceptors (Lipinski definition) is 10. The number of carbonyl (C=O) groups excluding carboxylic acids is 2. The van der Waals surface area contributed by atoms with Gasteiger partial charge in [0.05, 0.1) is 45.9 Å². The Hall–Kier alpha value is -4.26. The van der Waals surface area contributed by atoms with E-state index in [0.29, 0.717) is 42.3 Å². The molecule has 75 heavy (non-hydrogen) atoms. The van der Waals surface area contributed by atoms with Crippen molar-refractivity contribution in [2.45, 2.75) is 148 Å². The van der Waals surface area contributed by atoms with Crippen molar-refractivity contribution >= 4 is 89.8 Å². The quantitative estimate of drug-likeness (QED) is 0.108. The third-order valence-electron chi connectivity index (χ3n) is 13.3. The molecule has 20 heteroatoms. The largest absolute Gasteiger partial charge is 0.481 e. The Morgan fingerprint density at radius 1 is 0.533 bits per heavy atom. The third-order valence-corrected chi connectivity index (χ3v) is 19.5. The number of halogens is 4. The lowest BCUT2D eigenvalue weighted by molar-refractivity contribution is -0.184. The maximum absolute atomic E-state index is 13.9. The van der Waals surface area contributed by atoms with Gasteiger partial charge in [-0.25, -0.2) is 16.8 Å². The van der Waals surface area contributed by atoms with Gasteiger partial charge >= 0.3 is 11.9 Å². The average Bonchev–Trinajstić information content (AvgIpc) is 3.28. The van der Waals surface area contributed by atoms with Crippen molar-refractivity contribution < 1.29 is 55.7 Å². The molecule has 2 fully saturated rings. The molecular weight excluding hydrogens is 1090 g/mol. The van der Waals surface area contributed by atoms with Gasteiger partial charge in [0.15, 0.2) is 19.7 Å². The van der Waals surface area contributed by atoms with Crippen molar-refractivity contribution in [1.82, 2.24) is 9.80 Å². The number of sulfone groups is 2. The Bertz CT molecular complexity index is 2680. The average molecular weight is 1160 g/mol. The highest BCUT2D eigenvalue weighted by Gasteiger charge is 2.51. The summed E-state index contributed by atoms with van der Waals surface area (Å²) in [5.74, 6) is -4.63. The Balaban J connectivity index is 0.000000320. The lowest BCUT2D eigenvalue weighted by atomic mass is 9.88. The molecule has 8 atom stereocenters. The highest BCUT2D eigenvalue weighted by Crippen LogP contribution is 2.47. The monoisotopic (exact) mass is 1150 g/mol. The molecule has 2 saturated heterocycles. The molecule has 4 aromatic rings. The summed E-state index contributed by atoms with van der Waals surface area (Å²) in [6.07, 6.45) is -5.33. The van der Waals surface area contributed by atoms with Gasteiger partial charge in [-0.3, -0.25) is 19.2 Å². The number of rotatable bonds is 16. The summed E-state index contributed by atoms with van der Waals surface area (Å²) < 4.78 is 63.7. The van der Waals surface area contributed by atoms with Crippen molar-refractivity contribution in [3.8, 4) is 0 Å². The first-order valence-corrected chi connectivity index (χ1v) is 28.9. The molecule has 0 bridgehead atoms. The minimum absolute atomic E-state index is 0. The molecule has 14 nitrogen and oxygen atoms in total. The summed E-state index contributed by atoms with van der Waals surface area (Å²) in [6.45, 7) is 17.2. The third kappa shape index (κ3) is 15.5. The maximum atomic E-state index is 13.9. The number of aliphatic carboxylic acids is 2. The van der Waals surface area contributed by atoms with Crippen LogP contribution in [0.2, 0.25) is 20.1 Å². The highest BCUT2D eigenvalue weighted by molar-refractivity contribution is 7.93. The van der Waals surface area contributed by atoms with Crippen molar-refractivity contribution in [2.24, 2.45) is 11.8 Å². The molecular formula is C55H70Cl4N2O12S2. The predicted octanol–water partition coefficient (Wildman–Crippen LogP) is 12.1. The zero-order valence-electron chi connectivity index (χ0n) is 43.0. The fourth-order valence-corrected chi connectivity index (χ4v) is 12.5. The van der Waals surface area contributed by atoms with E-state index < -0.39 is 114 Å². The van der Waals surface area contributed by atoms with Crippen LogP contribution in [0, 0.1) is 11.8 Å². The Kier molecular flexibility index (Phi) is 21.5. The second kappa shape index (κ2) is 25.5. The second-order valence-corrected chi connectivity index (χ2v) is 28.6. The SMILES string of the molecule is C.CC(C)[C@H](CS(=O)(=O)C(C)(C)C)N1C(=O)[C@@H](CC(=O)O)OC(c2cccc(Cl)c2)[C@H]1c1ccc(Cl)cc1.CC(C)[C@H](CS(=O)(=O)C(C)(C)C)N1C(=O)[C@H](CC(=O)O)OC(c2cccc(Cl)c2)[C@H]1c1ccc(Cl)cc1. The molecule has 2 unspecified atom stereocenters. The molecule has 2 aliphatic heterocycles. The van der Waals surface area contributed by atoms with E-state index in [0.717, 1.165) is 0 Å². The van der Waals surface area contributed by atoms with Crippen LogP contribution < -0.4 is 0 Å². The smallest absolute Gasteiger partial charge is 0.306 e. The van der Waals surface area contributed by atoms with Gasteiger partial charge in [0.2, 0.25) is 0 Å². The number of hydrogen-bond donors (Lipinski definition) is 2. The molecule has 412 valence electrons. The lowest BCUT2D eigenvalue weighted by Gasteiger charge is -2.49. The number of benzene rings is 4. The van der Waals surface area contributed by atoms with Crippen LogP contribution in [0.4, 0.5) is 0 Å². The van der Waals surface area contributed by atoms with E-state index in [-0.39, 0.29) is 30.8 Å². The van der Waals surface area contributed by atoms with Crippen LogP contribution >= 0.6 is 46.4 Å². The second-order valence-electron chi connectivity index (χ2n) is 21.3. The van der Waals surface area contributed by atoms with E-state index in [1.807, 2.05) is 27.7 Å². The van der Waals surface area contributed by atoms with E-state index >= 15 is 0 Å². The zero-order chi connectivity index (χ0) is 55.4. The molecule has 0 radical (unpaired) electrons. The van der Waals surface area contributed by atoms with Gasteiger partial charge in [0.1, 0.15) is 24.4 Å². The van der Waals surface area contributed by atoms with Gasteiger partial charge in [0.25, 0.3) is 11.8 Å². The van der Waals surface area contributed by atoms with Gasteiger partial charge in [-0.2, -0.15) is 0 Å². The number of amides is 2. The molecule has 0 aliphatic carbocycles. The number of morpholine rings is 2. The maximum Gasteiger partial charge on any atom is 0.306 e. The van der Waals surface area contributed by atoms with Crippen LogP contribution in [-0.4, -0.2) is 106 Å². The zero-order valence-corrected chi connectivity index (χ0v) is 47.7. The van der Waals surface area contributed by atoms with Crippen molar-refractivity contribution in [2.75, 3.05) is 11.5 Å². The number of carbonyl (C=O) groups is 4. The number of nitrogens with zero attached hydrogens (tertiary/aromatic N) is 2. The normalized spacial score (nSPS) is 21.5. The van der Waals surface area contributed by atoms with Crippen LogP contribution in [0.1, 0.15) is 136 Å². The number of carboxylic acid groups (broad SMARTS) is 2. The highest BCUT2D eigenvalue weighted by atomic mass is 35.5. The van der Waals surface area contributed by atoms with E-state index in [9.17, 15) is 46.2 Å². The van der Waals surface area contributed by atoms with Gasteiger partial charge in [-0.15, -0.1) is 0 Å². The van der Waals surface area contributed by atoms with Crippen molar-refractivity contribution in [3.05, 3.63) is 139 Å². The first kappa shape index (κ1) is 63.3. The lowest BCUT2D eigenvalue weighted by Crippen LogP contribution is -2.58. The predicted molar refractivity (Wildman–Crippen MR) is 296 cm³/mol. The van der Waals surface area contributed by atoms with Gasteiger partial charge in [0, 0.05) is 32.2 Å². The van der Waals surface area contributed by atoms with Crippen LogP contribution in [-0.2, 0) is 48.3 Å². The molecule has 0 aromatic heterocycles. The van der Waals surface area contributed by atoms with Gasteiger partial charge < -0.3 is 29.5 Å². The first-order valence-electron chi connectivity index (χ1n) is 24.1. The molecule has 0 saturated carbocycles. The minimum atomic E-state index is -3.65. The molecule has 0 spiro atoms. The Morgan fingerprint density at radius 2 is 0.840 bits per heavy atom. The summed E-state index contributed by atoms with van der Waals surface area (Å²) in [6, 6.07) is 24.7. The molecule has 2 aliphatic rings. The van der Waals surface area contributed by atoms with Crippen LogP contribution in [0.5, 0.6) is 0 Å². The van der Waals surface area contributed by atoms with E-state index in [1.165, 1.54) is 9.80 Å². The van der Waals surface area contributed by atoms with Crippen molar-refractivity contribution in [3.63, 3.8) is 0 Å². The standard InChI is InChI=1S/2C27H33Cl2NO6S.CH4/c2*1-16(2)21(15-37(34,35)27(3,4)5)30-24(17-9-11-19(28)12-10-17)25(18-7-6-8-20(29)13-18)36-22(26(30)33)14-23(31)32;/h2*6-13,16,21-22,24-25H,14-15H2,1-5H3,(H,31,32);1H4/t21-,22+,24+,25?;21-,22-,24+,25?;/m00./s1. The van der Waals surface area contributed by atoms with E-state index in [4.69, 9.17) is 55.9 Å². The van der Waals surface area contributed by atoms with E-state index in [2.05, 4.69) is 0 Å². The van der Waals surface area contributed by atoms with Crippen LogP contribution in [0.15, 0.2) is 97.1 Å².